The summed E-state index contributed by atoms with van der Waals surface area (Å²) in [5, 5.41) is 0. The SMILES string of the molecule is C=CC(=O)N1CCN(C(=O)Cc2cccc(C(F)(F)F)n2)CC1. The Morgan fingerprint density at radius 2 is 1.78 bits per heavy atom. The van der Waals surface area contributed by atoms with Crippen LogP contribution in [0.5, 0.6) is 0 Å². The van der Waals surface area contributed by atoms with Crippen molar-refractivity contribution in [1.29, 1.82) is 0 Å². The first-order valence-electron chi connectivity index (χ1n) is 7.03. The Morgan fingerprint density at radius 1 is 1.17 bits per heavy atom. The zero-order valence-electron chi connectivity index (χ0n) is 12.3. The second kappa shape index (κ2) is 6.80. The summed E-state index contributed by atoms with van der Waals surface area (Å²) >= 11 is 0. The highest BCUT2D eigenvalue weighted by Gasteiger charge is 2.32. The minimum Gasteiger partial charge on any atom is -0.339 e. The maximum atomic E-state index is 12.6. The summed E-state index contributed by atoms with van der Waals surface area (Å²) in [5.41, 5.74) is -0.932. The van der Waals surface area contributed by atoms with Gasteiger partial charge in [0.15, 0.2) is 0 Å². The molecule has 5 nitrogen and oxygen atoms in total. The molecule has 0 aliphatic carbocycles. The van der Waals surface area contributed by atoms with Gasteiger partial charge < -0.3 is 9.80 Å². The first kappa shape index (κ1) is 17.0. The van der Waals surface area contributed by atoms with E-state index in [0.29, 0.717) is 26.2 Å². The van der Waals surface area contributed by atoms with Crippen molar-refractivity contribution < 1.29 is 22.8 Å². The van der Waals surface area contributed by atoms with Gasteiger partial charge in [-0.05, 0) is 18.2 Å². The fourth-order valence-electron chi connectivity index (χ4n) is 2.31. The number of amides is 2. The minimum absolute atomic E-state index is 0.0782. The van der Waals surface area contributed by atoms with Gasteiger partial charge >= 0.3 is 6.18 Å². The molecule has 23 heavy (non-hydrogen) atoms. The van der Waals surface area contributed by atoms with Crippen molar-refractivity contribution in [3.63, 3.8) is 0 Å². The molecule has 0 aromatic carbocycles. The molecule has 0 spiro atoms. The highest BCUT2D eigenvalue weighted by atomic mass is 19.4. The van der Waals surface area contributed by atoms with E-state index in [4.69, 9.17) is 0 Å². The number of hydrogen-bond donors (Lipinski definition) is 0. The number of piperazine rings is 1. The van der Waals surface area contributed by atoms with Crippen molar-refractivity contribution in [2.24, 2.45) is 0 Å². The molecule has 0 unspecified atom stereocenters. The molecule has 0 radical (unpaired) electrons. The molecule has 8 heteroatoms. The van der Waals surface area contributed by atoms with Gasteiger partial charge in [-0.25, -0.2) is 4.98 Å². The largest absolute Gasteiger partial charge is 0.433 e. The first-order chi connectivity index (χ1) is 10.8. The minimum atomic E-state index is -4.53. The third-order valence-electron chi connectivity index (χ3n) is 3.55. The molecule has 2 rings (SSSR count). The molecule has 2 amide bonds. The molecule has 1 fully saturated rings. The molecule has 0 atom stereocenters. The number of alkyl halides is 3. The molecular weight excluding hydrogens is 311 g/mol. The highest BCUT2D eigenvalue weighted by Crippen LogP contribution is 2.27. The van der Waals surface area contributed by atoms with E-state index in [9.17, 15) is 22.8 Å². The highest BCUT2D eigenvalue weighted by molar-refractivity contribution is 5.87. The van der Waals surface area contributed by atoms with Gasteiger partial charge in [-0.15, -0.1) is 0 Å². The lowest BCUT2D eigenvalue weighted by Crippen LogP contribution is -2.50. The van der Waals surface area contributed by atoms with Crippen molar-refractivity contribution in [2.75, 3.05) is 26.2 Å². The maximum Gasteiger partial charge on any atom is 0.433 e. The van der Waals surface area contributed by atoms with Crippen molar-refractivity contribution in [3.05, 3.63) is 42.2 Å². The van der Waals surface area contributed by atoms with Gasteiger partial charge in [0.05, 0.1) is 12.1 Å². The van der Waals surface area contributed by atoms with Crippen LogP contribution in [-0.2, 0) is 22.2 Å². The van der Waals surface area contributed by atoms with Gasteiger partial charge in [-0.1, -0.05) is 12.6 Å². The quantitative estimate of drug-likeness (QED) is 0.791. The number of rotatable bonds is 3. The van der Waals surface area contributed by atoms with Crippen molar-refractivity contribution in [2.45, 2.75) is 12.6 Å². The second-order valence-electron chi connectivity index (χ2n) is 5.10. The fraction of sp³-hybridized carbons (Fsp3) is 0.400. The first-order valence-corrected chi connectivity index (χ1v) is 7.03. The number of pyridine rings is 1. The zero-order chi connectivity index (χ0) is 17.0. The molecule has 2 heterocycles. The lowest BCUT2D eigenvalue weighted by molar-refractivity contribution is -0.141. The summed E-state index contributed by atoms with van der Waals surface area (Å²) in [6.45, 7) is 4.85. The van der Waals surface area contributed by atoms with Crippen LogP contribution in [0, 0.1) is 0 Å². The number of halogens is 3. The smallest absolute Gasteiger partial charge is 0.339 e. The topological polar surface area (TPSA) is 53.5 Å². The van der Waals surface area contributed by atoms with Crippen LogP contribution in [0.4, 0.5) is 13.2 Å². The normalized spacial score (nSPS) is 15.4. The molecule has 0 bridgehead atoms. The standard InChI is InChI=1S/C15H16F3N3O2/c1-2-13(22)20-6-8-21(9-7-20)14(23)10-11-4-3-5-12(19-11)15(16,17)18/h2-5H,1,6-10H2. The van der Waals surface area contributed by atoms with E-state index in [2.05, 4.69) is 11.6 Å². The predicted octanol–water partition coefficient (Wildman–Crippen LogP) is 1.50. The van der Waals surface area contributed by atoms with Gasteiger partial charge in [-0.2, -0.15) is 13.2 Å². The summed E-state index contributed by atoms with van der Waals surface area (Å²) < 4.78 is 37.8. The van der Waals surface area contributed by atoms with E-state index in [0.717, 1.165) is 6.07 Å². The number of aromatic nitrogens is 1. The van der Waals surface area contributed by atoms with E-state index < -0.39 is 11.9 Å². The molecule has 1 aliphatic heterocycles. The fourth-order valence-corrected chi connectivity index (χ4v) is 2.31. The molecule has 1 saturated heterocycles. The summed E-state index contributed by atoms with van der Waals surface area (Å²) in [5.74, 6) is -0.501. The monoisotopic (exact) mass is 327 g/mol. The van der Waals surface area contributed by atoms with Gasteiger partial charge in [-0.3, -0.25) is 9.59 Å². The van der Waals surface area contributed by atoms with Crippen LogP contribution >= 0.6 is 0 Å². The molecule has 1 aromatic heterocycles. The van der Waals surface area contributed by atoms with E-state index in [1.165, 1.54) is 23.1 Å². The molecule has 0 saturated carbocycles. The number of carbonyl (C=O) groups is 2. The maximum absolute atomic E-state index is 12.6. The Hall–Kier alpha value is -2.38. The Balaban J connectivity index is 1.96. The van der Waals surface area contributed by atoms with Crippen LogP contribution in [0.1, 0.15) is 11.4 Å². The lowest BCUT2D eigenvalue weighted by Gasteiger charge is -2.34. The average Bonchev–Trinajstić information content (AvgIpc) is 2.53. The molecule has 0 N–H and O–H groups in total. The molecule has 1 aromatic rings. The third-order valence-corrected chi connectivity index (χ3v) is 3.55. The van der Waals surface area contributed by atoms with E-state index in [1.54, 1.807) is 4.90 Å². The van der Waals surface area contributed by atoms with Crippen molar-refractivity contribution in [1.82, 2.24) is 14.8 Å². The summed E-state index contributed by atoms with van der Waals surface area (Å²) in [7, 11) is 0. The molecule has 1 aliphatic rings. The summed E-state index contributed by atoms with van der Waals surface area (Å²) in [6, 6.07) is 3.50. The van der Waals surface area contributed by atoms with Crippen LogP contribution in [0.25, 0.3) is 0 Å². The Bertz CT molecular complexity index is 608. The Labute approximate surface area is 131 Å². The van der Waals surface area contributed by atoms with Crippen LogP contribution in [0.3, 0.4) is 0 Å². The second-order valence-corrected chi connectivity index (χ2v) is 5.10. The van der Waals surface area contributed by atoms with Gasteiger partial charge in [0.1, 0.15) is 5.69 Å². The van der Waals surface area contributed by atoms with E-state index in [1.807, 2.05) is 0 Å². The van der Waals surface area contributed by atoms with Gasteiger partial charge in [0.2, 0.25) is 11.8 Å². The molecular formula is C15H16F3N3O2. The van der Waals surface area contributed by atoms with Crippen LogP contribution in [0.2, 0.25) is 0 Å². The number of nitrogens with zero attached hydrogens (tertiary/aromatic N) is 3. The summed E-state index contributed by atoms with van der Waals surface area (Å²) in [6.07, 6.45) is -3.51. The number of hydrogen-bond acceptors (Lipinski definition) is 3. The predicted molar refractivity (Wildman–Crippen MR) is 76.3 cm³/mol. The van der Waals surface area contributed by atoms with Crippen molar-refractivity contribution >= 4 is 11.8 Å². The van der Waals surface area contributed by atoms with Gasteiger partial charge in [0, 0.05) is 26.2 Å². The number of carbonyl (C=O) groups excluding carboxylic acids is 2. The third kappa shape index (κ3) is 4.30. The van der Waals surface area contributed by atoms with E-state index >= 15 is 0 Å². The van der Waals surface area contributed by atoms with E-state index in [-0.39, 0.29) is 23.9 Å². The molecule has 124 valence electrons. The Morgan fingerprint density at radius 3 is 2.35 bits per heavy atom. The van der Waals surface area contributed by atoms with Crippen LogP contribution in [-0.4, -0.2) is 52.8 Å². The van der Waals surface area contributed by atoms with Gasteiger partial charge in [0.25, 0.3) is 0 Å². The van der Waals surface area contributed by atoms with Crippen LogP contribution < -0.4 is 0 Å². The lowest BCUT2D eigenvalue weighted by atomic mass is 10.2. The summed E-state index contributed by atoms with van der Waals surface area (Å²) in [4.78, 5) is 30.2. The average molecular weight is 327 g/mol. The Kier molecular flexibility index (Phi) is 5.02. The van der Waals surface area contributed by atoms with Crippen LogP contribution in [0.15, 0.2) is 30.9 Å². The zero-order valence-corrected chi connectivity index (χ0v) is 12.3. The van der Waals surface area contributed by atoms with Crippen molar-refractivity contribution in [3.8, 4) is 0 Å².